The first-order valence-corrected chi connectivity index (χ1v) is 7.11. The van der Waals surface area contributed by atoms with Crippen molar-refractivity contribution in [3.8, 4) is 0 Å². The summed E-state index contributed by atoms with van der Waals surface area (Å²) in [6.45, 7) is 3.26. The summed E-state index contributed by atoms with van der Waals surface area (Å²) in [6, 6.07) is 0. The molecular weight excluding hydrogens is 256 g/mol. The summed E-state index contributed by atoms with van der Waals surface area (Å²) in [5, 5.41) is 24.4. The molecule has 7 heteroatoms. The first-order valence-electron chi connectivity index (χ1n) is 7.11. The number of nitrogens with one attached hydrogen (secondary N) is 3. The van der Waals surface area contributed by atoms with Crippen molar-refractivity contribution in [3.63, 3.8) is 0 Å². The van der Waals surface area contributed by atoms with Gasteiger partial charge in [-0.3, -0.25) is 5.10 Å². The monoisotopic (exact) mass is 276 g/mol. The fourth-order valence-electron chi connectivity index (χ4n) is 2.66. The van der Waals surface area contributed by atoms with Crippen molar-refractivity contribution in [1.82, 2.24) is 20.2 Å². The normalized spacial score (nSPS) is 17.5. The van der Waals surface area contributed by atoms with E-state index < -0.39 is 5.60 Å². The lowest BCUT2D eigenvalue weighted by atomic mass is 10.0. The second-order valence-corrected chi connectivity index (χ2v) is 5.34. The molecule has 0 bridgehead atoms. The van der Waals surface area contributed by atoms with Crippen LogP contribution >= 0.6 is 0 Å². The molecule has 7 nitrogen and oxygen atoms in total. The molecule has 0 saturated heterocycles. The van der Waals surface area contributed by atoms with E-state index in [0.717, 1.165) is 37.6 Å². The maximum absolute atomic E-state index is 10.4. The number of hydrogen-bond acceptors (Lipinski definition) is 6. The fourth-order valence-corrected chi connectivity index (χ4v) is 2.66. The molecule has 108 valence electrons. The number of aliphatic hydroxyl groups is 1. The van der Waals surface area contributed by atoms with Gasteiger partial charge in [0, 0.05) is 13.1 Å². The van der Waals surface area contributed by atoms with E-state index in [9.17, 15) is 5.11 Å². The standard InChI is InChI=1S/C13H20N6O/c1-2-14-12-17-10(9-7-16-19-11(9)18-12)15-8-13(20)5-3-4-6-13/h7,20H,2-6,8H2,1H3,(H3,14,15,16,17,18,19). The zero-order chi connectivity index (χ0) is 14.0. The van der Waals surface area contributed by atoms with Crippen LogP contribution in [-0.2, 0) is 0 Å². The quantitative estimate of drug-likeness (QED) is 0.660. The van der Waals surface area contributed by atoms with Gasteiger partial charge in [-0.2, -0.15) is 15.1 Å². The molecule has 0 aromatic carbocycles. The summed E-state index contributed by atoms with van der Waals surface area (Å²) in [5.41, 5.74) is 0.0798. The first kappa shape index (κ1) is 13.1. The van der Waals surface area contributed by atoms with Gasteiger partial charge in [0.2, 0.25) is 5.95 Å². The maximum atomic E-state index is 10.4. The molecule has 0 atom stereocenters. The number of nitrogens with zero attached hydrogens (tertiary/aromatic N) is 3. The van der Waals surface area contributed by atoms with Gasteiger partial charge >= 0.3 is 0 Å². The van der Waals surface area contributed by atoms with E-state index in [1.807, 2.05) is 6.92 Å². The van der Waals surface area contributed by atoms with E-state index in [4.69, 9.17) is 0 Å². The number of anilines is 2. The zero-order valence-electron chi connectivity index (χ0n) is 11.6. The molecule has 3 rings (SSSR count). The molecule has 0 unspecified atom stereocenters. The third-order valence-corrected chi connectivity index (χ3v) is 3.76. The number of hydrogen-bond donors (Lipinski definition) is 4. The predicted octanol–water partition coefficient (Wildman–Crippen LogP) is 1.50. The number of H-pyrrole nitrogens is 1. The molecule has 4 N–H and O–H groups in total. The third-order valence-electron chi connectivity index (χ3n) is 3.76. The molecule has 0 aliphatic heterocycles. The average molecular weight is 276 g/mol. The van der Waals surface area contributed by atoms with Gasteiger partial charge in [0.15, 0.2) is 5.65 Å². The zero-order valence-corrected chi connectivity index (χ0v) is 11.6. The van der Waals surface area contributed by atoms with Crippen LogP contribution in [0.5, 0.6) is 0 Å². The van der Waals surface area contributed by atoms with Crippen molar-refractivity contribution >= 4 is 22.8 Å². The van der Waals surface area contributed by atoms with Crippen LogP contribution in [0.2, 0.25) is 0 Å². The lowest BCUT2D eigenvalue weighted by Crippen LogP contribution is -2.33. The second-order valence-electron chi connectivity index (χ2n) is 5.34. The number of rotatable bonds is 5. The Bertz CT molecular complexity index is 590. The van der Waals surface area contributed by atoms with Crippen LogP contribution in [0.3, 0.4) is 0 Å². The van der Waals surface area contributed by atoms with E-state index in [1.165, 1.54) is 0 Å². The lowest BCUT2D eigenvalue weighted by molar-refractivity contribution is 0.0614. The van der Waals surface area contributed by atoms with Gasteiger partial charge in [0.25, 0.3) is 0 Å². The highest BCUT2D eigenvalue weighted by Crippen LogP contribution is 2.30. The van der Waals surface area contributed by atoms with Crippen LogP contribution in [0.25, 0.3) is 11.0 Å². The highest BCUT2D eigenvalue weighted by atomic mass is 16.3. The first-order chi connectivity index (χ1) is 9.70. The highest BCUT2D eigenvalue weighted by molar-refractivity contribution is 5.86. The third kappa shape index (κ3) is 2.53. The van der Waals surface area contributed by atoms with Crippen molar-refractivity contribution in [2.75, 3.05) is 23.7 Å². The molecule has 1 aliphatic carbocycles. The highest BCUT2D eigenvalue weighted by Gasteiger charge is 2.31. The van der Waals surface area contributed by atoms with E-state index >= 15 is 0 Å². The summed E-state index contributed by atoms with van der Waals surface area (Å²) in [6.07, 6.45) is 5.57. The Morgan fingerprint density at radius 2 is 2.10 bits per heavy atom. The Morgan fingerprint density at radius 1 is 1.30 bits per heavy atom. The number of fused-ring (bicyclic) bond motifs is 1. The summed E-state index contributed by atoms with van der Waals surface area (Å²) >= 11 is 0. The van der Waals surface area contributed by atoms with Gasteiger partial charge < -0.3 is 15.7 Å². The smallest absolute Gasteiger partial charge is 0.226 e. The van der Waals surface area contributed by atoms with Gasteiger partial charge in [0.05, 0.1) is 17.2 Å². The van der Waals surface area contributed by atoms with Crippen molar-refractivity contribution < 1.29 is 5.11 Å². The number of aromatic nitrogens is 4. The van der Waals surface area contributed by atoms with Crippen LogP contribution in [0, 0.1) is 0 Å². The molecule has 2 aromatic rings. The van der Waals surface area contributed by atoms with Crippen molar-refractivity contribution in [2.24, 2.45) is 0 Å². The average Bonchev–Trinajstić information content (AvgIpc) is 3.06. The van der Waals surface area contributed by atoms with E-state index in [0.29, 0.717) is 24.0 Å². The van der Waals surface area contributed by atoms with Crippen LogP contribution in [0.1, 0.15) is 32.6 Å². The molecule has 0 spiro atoms. The van der Waals surface area contributed by atoms with Crippen LogP contribution < -0.4 is 10.6 Å². The minimum Gasteiger partial charge on any atom is -0.388 e. The van der Waals surface area contributed by atoms with Crippen molar-refractivity contribution in [3.05, 3.63) is 6.20 Å². The van der Waals surface area contributed by atoms with Gasteiger partial charge in [-0.25, -0.2) is 0 Å². The Hall–Kier alpha value is -1.89. The molecular formula is C13H20N6O. The van der Waals surface area contributed by atoms with Gasteiger partial charge in [-0.15, -0.1) is 0 Å². The topological polar surface area (TPSA) is 98.8 Å². The van der Waals surface area contributed by atoms with Crippen LogP contribution in [0.4, 0.5) is 11.8 Å². The van der Waals surface area contributed by atoms with Crippen molar-refractivity contribution in [1.29, 1.82) is 0 Å². The molecule has 2 aromatic heterocycles. The molecule has 1 aliphatic rings. The molecule has 0 radical (unpaired) electrons. The Labute approximate surface area is 117 Å². The largest absolute Gasteiger partial charge is 0.388 e. The minimum atomic E-state index is -0.612. The van der Waals surface area contributed by atoms with E-state index in [1.54, 1.807) is 6.20 Å². The molecule has 20 heavy (non-hydrogen) atoms. The Balaban J connectivity index is 1.83. The maximum Gasteiger partial charge on any atom is 0.226 e. The molecule has 1 fully saturated rings. The van der Waals surface area contributed by atoms with Gasteiger partial charge in [0.1, 0.15) is 5.82 Å². The Kier molecular flexibility index (Phi) is 3.43. The summed E-state index contributed by atoms with van der Waals surface area (Å²) < 4.78 is 0. The van der Waals surface area contributed by atoms with Gasteiger partial charge in [-0.05, 0) is 19.8 Å². The summed E-state index contributed by atoms with van der Waals surface area (Å²) in [7, 11) is 0. The SMILES string of the molecule is CCNc1nc(NCC2(O)CCCC2)c2cn[nH]c2n1. The molecule has 0 amide bonds. The molecule has 1 saturated carbocycles. The Morgan fingerprint density at radius 3 is 2.85 bits per heavy atom. The van der Waals surface area contributed by atoms with Crippen LogP contribution in [-0.4, -0.2) is 44.0 Å². The second kappa shape index (κ2) is 5.24. The van der Waals surface area contributed by atoms with Crippen molar-refractivity contribution in [2.45, 2.75) is 38.2 Å². The minimum absolute atomic E-state index is 0.510. The van der Waals surface area contributed by atoms with E-state index in [2.05, 4.69) is 30.8 Å². The number of aromatic amines is 1. The fraction of sp³-hybridized carbons (Fsp3) is 0.615. The lowest BCUT2D eigenvalue weighted by Gasteiger charge is -2.22. The summed E-state index contributed by atoms with van der Waals surface area (Å²) in [5.74, 6) is 1.27. The van der Waals surface area contributed by atoms with Gasteiger partial charge in [-0.1, -0.05) is 12.8 Å². The molecule has 2 heterocycles. The van der Waals surface area contributed by atoms with Crippen LogP contribution in [0.15, 0.2) is 6.20 Å². The predicted molar refractivity (Wildman–Crippen MR) is 77.8 cm³/mol. The summed E-state index contributed by atoms with van der Waals surface area (Å²) in [4.78, 5) is 8.79. The van der Waals surface area contributed by atoms with E-state index in [-0.39, 0.29) is 0 Å².